The van der Waals surface area contributed by atoms with Gasteiger partial charge < -0.3 is 14.5 Å². The molecular weight excluding hydrogens is 386 g/mol. The molecule has 2 aromatic rings. The molecule has 0 atom stereocenters. The summed E-state index contributed by atoms with van der Waals surface area (Å²) in [4.78, 5) is 25.5. The van der Waals surface area contributed by atoms with Gasteiger partial charge in [0, 0.05) is 5.69 Å². The minimum absolute atomic E-state index is 0.185. The first-order valence-corrected chi connectivity index (χ1v) is 9.92. The van der Waals surface area contributed by atoms with Crippen molar-refractivity contribution >= 4 is 40.3 Å². The molecule has 27 heavy (non-hydrogen) atoms. The van der Waals surface area contributed by atoms with E-state index in [1.54, 1.807) is 25.1 Å². The van der Waals surface area contributed by atoms with E-state index >= 15 is 0 Å². The third-order valence-electron chi connectivity index (χ3n) is 4.00. The van der Waals surface area contributed by atoms with Crippen molar-refractivity contribution < 1.29 is 18.7 Å². The van der Waals surface area contributed by atoms with E-state index in [0.717, 1.165) is 16.7 Å². The second kappa shape index (κ2) is 9.33. The van der Waals surface area contributed by atoms with Gasteiger partial charge in [0.15, 0.2) is 0 Å². The van der Waals surface area contributed by atoms with E-state index in [0.29, 0.717) is 11.4 Å². The number of furan rings is 1. The van der Waals surface area contributed by atoms with Crippen LogP contribution >= 0.6 is 23.4 Å². The summed E-state index contributed by atoms with van der Waals surface area (Å²) in [5.41, 5.74) is 0.695. The van der Waals surface area contributed by atoms with Crippen LogP contribution in [0.25, 0.3) is 0 Å². The number of hydrogen-bond acceptors (Lipinski definition) is 5. The largest absolute Gasteiger partial charge is 0.468 e. The van der Waals surface area contributed by atoms with Gasteiger partial charge in [0.05, 0.1) is 21.7 Å². The molecule has 0 spiro atoms. The molecule has 0 unspecified atom stereocenters. The van der Waals surface area contributed by atoms with Crippen LogP contribution in [0.5, 0.6) is 0 Å². The molecule has 1 aromatic carbocycles. The summed E-state index contributed by atoms with van der Waals surface area (Å²) in [6.45, 7) is 9.80. The second-order valence-electron chi connectivity index (χ2n) is 6.91. The summed E-state index contributed by atoms with van der Waals surface area (Å²) in [5, 5.41) is 2.74. The molecule has 0 saturated carbocycles. The smallest absolute Gasteiger partial charge is 0.340 e. The number of amides is 1. The van der Waals surface area contributed by atoms with Crippen LogP contribution in [0, 0.1) is 18.8 Å². The van der Waals surface area contributed by atoms with Crippen molar-refractivity contribution in [2.75, 3.05) is 5.32 Å². The van der Waals surface area contributed by atoms with Crippen molar-refractivity contribution in [3.63, 3.8) is 0 Å². The Hall–Kier alpha value is -1.92. The molecule has 0 saturated heterocycles. The van der Waals surface area contributed by atoms with Crippen LogP contribution in [0.3, 0.4) is 0 Å². The molecule has 2 rings (SSSR count). The van der Waals surface area contributed by atoms with E-state index in [1.165, 1.54) is 12.3 Å². The molecule has 7 heteroatoms. The van der Waals surface area contributed by atoms with E-state index in [1.807, 2.05) is 27.7 Å². The Balaban J connectivity index is 2.12. The van der Waals surface area contributed by atoms with Crippen molar-refractivity contribution in [1.82, 2.24) is 0 Å². The zero-order valence-corrected chi connectivity index (χ0v) is 17.6. The first-order chi connectivity index (χ1) is 12.7. The molecule has 0 aliphatic rings. The number of esters is 1. The summed E-state index contributed by atoms with van der Waals surface area (Å²) < 4.78 is 10.8. The van der Waals surface area contributed by atoms with Gasteiger partial charge in [-0.2, -0.15) is 0 Å². The maximum absolute atomic E-state index is 12.6. The van der Waals surface area contributed by atoms with Crippen LogP contribution in [0.2, 0.25) is 5.02 Å². The summed E-state index contributed by atoms with van der Waals surface area (Å²) in [5.74, 6) is 0.543. The minimum Gasteiger partial charge on any atom is -0.468 e. The second-order valence-corrected chi connectivity index (χ2v) is 8.33. The third-order valence-corrected chi connectivity index (χ3v) is 5.26. The zero-order valence-electron chi connectivity index (χ0n) is 16.0. The van der Waals surface area contributed by atoms with Gasteiger partial charge >= 0.3 is 5.97 Å². The van der Waals surface area contributed by atoms with Crippen LogP contribution in [0.4, 0.5) is 10.5 Å². The van der Waals surface area contributed by atoms with E-state index in [2.05, 4.69) is 5.32 Å². The lowest BCUT2D eigenvalue weighted by Gasteiger charge is -2.25. The average molecular weight is 410 g/mol. The molecule has 1 aromatic heterocycles. The normalized spacial score (nSPS) is 11.3. The quantitative estimate of drug-likeness (QED) is 0.441. The van der Waals surface area contributed by atoms with Crippen molar-refractivity contribution in [3.8, 4) is 0 Å². The van der Waals surface area contributed by atoms with Crippen molar-refractivity contribution in [1.29, 1.82) is 0 Å². The highest BCUT2D eigenvalue weighted by Gasteiger charge is 2.24. The molecule has 0 fully saturated rings. The Kier molecular flexibility index (Phi) is 7.39. The Morgan fingerprint density at radius 1 is 1.15 bits per heavy atom. The maximum atomic E-state index is 12.6. The molecule has 1 N–H and O–H groups in total. The maximum Gasteiger partial charge on any atom is 0.340 e. The molecule has 0 radical (unpaired) electrons. The van der Waals surface area contributed by atoms with E-state index in [-0.39, 0.29) is 33.8 Å². The fraction of sp³-hybridized carbons (Fsp3) is 0.400. The summed E-state index contributed by atoms with van der Waals surface area (Å²) in [7, 11) is 0. The number of thioether (sulfide) groups is 1. The minimum atomic E-state index is -0.498. The molecule has 1 heterocycles. The van der Waals surface area contributed by atoms with Crippen molar-refractivity contribution in [2.45, 2.75) is 45.6 Å². The Bertz CT molecular complexity index is 808. The summed E-state index contributed by atoms with van der Waals surface area (Å²) in [6.07, 6.45) is 1.31. The van der Waals surface area contributed by atoms with Crippen LogP contribution in [0.15, 0.2) is 39.8 Å². The number of carbonyl (C=O) groups is 2. The van der Waals surface area contributed by atoms with E-state index in [4.69, 9.17) is 20.8 Å². The molecule has 0 aliphatic heterocycles. The molecule has 146 valence electrons. The number of aryl methyl sites for hydroxylation is 1. The predicted octanol–water partition coefficient (Wildman–Crippen LogP) is 6.40. The lowest BCUT2D eigenvalue weighted by molar-refractivity contribution is 0.00326. The van der Waals surface area contributed by atoms with Gasteiger partial charge in [0.1, 0.15) is 11.9 Å². The highest BCUT2D eigenvalue weighted by atomic mass is 35.5. The molecule has 5 nitrogen and oxygen atoms in total. The zero-order chi connectivity index (χ0) is 20.1. The number of nitrogens with one attached hydrogen (secondary N) is 1. The number of halogens is 1. The highest BCUT2D eigenvalue weighted by Crippen LogP contribution is 2.28. The monoisotopic (exact) mass is 409 g/mol. The predicted molar refractivity (Wildman–Crippen MR) is 109 cm³/mol. The van der Waals surface area contributed by atoms with E-state index in [9.17, 15) is 9.59 Å². The number of hydrogen-bond donors (Lipinski definition) is 1. The number of anilines is 1. The average Bonchev–Trinajstić information content (AvgIpc) is 2.98. The van der Waals surface area contributed by atoms with Crippen LogP contribution in [0.1, 0.15) is 43.8 Å². The highest BCUT2D eigenvalue weighted by molar-refractivity contribution is 8.14. The molecule has 0 bridgehead atoms. The Labute approximate surface area is 168 Å². The molecule has 0 aliphatic carbocycles. The number of rotatable bonds is 6. The van der Waals surface area contributed by atoms with Gasteiger partial charge in [-0.25, -0.2) is 4.79 Å². The van der Waals surface area contributed by atoms with Gasteiger partial charge in [0.2, 0.25) is 0 Å². The first-order valence-electron chi connectivity index (χ1n) is 8.72. The Morgan fingerprint density at radius 2 is 1.81 bits per heavy atom. The molecular formula is C20H24ClNO4S. The van der Waals surface area contributed by atoms with E-state index < -0.39 is 5.97 Å². The third kappa shape index (κ3) is 5.78. The van der Waals surface area contributed by atoms with Gasteiger partial charge in [-0.1, -0.05) is 39.3 Å². The topological polar surface area (TPSA) is 68.5 Å². The number of benzene rings is 1. The van der Waals surface area contributed by atoms with Gasteiger partial charge in [0.25, 0.3) is 5.24 Å². The Morgan fingerprint density at radius 3 is 2.37 bits per heavy atom. The first kappa shape index (κ1) is 21.4. The number of ether oxygens (including phenoxy) is 1. The lowest BCUT2D eigenvalue weighted by atomic mass is 9.96. The van der Waals surface area contributed by atoms with Gasteiger partial charge in [-0.15, -0.1) is 0 Å². The van der Waals surface area contributed by atoms with Crippen LogP contribution < -0.4 is 5.32 Å². The fourth-order valence-corrected chi connectivity index (χ4v) is 3.59. The SMILES string of the molecule is Cc1occc1SC(=O)Nc1ccc(Cl)c(C(=O)OC(C(C)C)C(C)C)c1. The summed E-state index contributed by atoms with van der Waals surface area (Å²) >= 11 is 7.19. The van der Waals surface area contributed by atoms with Gasteiger partial charge in [-0.05, 0) is 54.8 Å². The standard InChI is InChI=1S/C20H24ClNO4S/c1-11(2)18(12(3)4)26-19(23)15-10-14(6-7-16(15)21)22-20(24)27-17-8-9-25-13(17)5/h6-12,18H,1-5H3,(H,22,24). The molecule has 1 amide bonds. The lowest BCUT2D eigenvalue weighted by Crippen LogP contribution is -2.29. The van der Waals surface area contributed by atoms with Crippen molar-refractivity contribution in [2.24, 2.45) is 11.8 Å². The van der Waals surface area contributed by atoms with Crippen LogP contribution in [-0.2, 0) is 4.74 Å². The fourth-order valence-electron chi connectivity index (χ4n) is 2.71. The van der Waals surface area contributed by atoms with Crippen molar-refractivity contribution in [3.05, 3.63) is 46.9 Å². The summed E-state index contributed by atoms with van der Waals surface area (Å²) in [6, 6.07) is 6.47. The van der Waals surface area contributed by atoms with Crippen LogP contribution in [-0.4, -0.2) is 17.3 Å². The van der Waals surface area contributed by atoms with Gasteiger partial charge in [-0.3, -0.25) is 4.79 Å². The number of carbonyl (C=O) groups excluding carboxylic acids is 2.